The Morgan fingerprint density at radius 1 is 0.780 bits per heavy atom. The largest absolute Gasteiger partial charge is 0.463 e. The quantitative estimate of drug-likeness (QED) is 0.0439. The summed E-state index contributed by atoms with van der Waals surface area (Å²) in [4.78, 5) is 25.6. The predicted octanol–water partition coefficient (Wildman–Crippen LogP) is 13.2. The minimum atomic E-state index is -2.20. The summed E-state index contributed by atoms with van der Waals surface area (Å²) in [6, 6.07) is 8.60. The molecule has 0 aliphatic heterocycles. The Morgan fingerprint density at radius 3 is 1.98 bits per heavy atom. The minimum Gasteiger partial charge on any atom is -0.463 e. The second-order valence-electron chi connectivity index (χ2n) is 21.3. The Bertz CT molecular complexity index is 1530. The van der Waals surface area contributed by atoms with E-state index in [2.05, 4.69) is 138 Å². The average molecular weight is 875 g/mol. The fourth-order valence-electron chi connectivity index (χ4n) is 6.44. The maximum absolute atomic E-state index is 13.1. The van der Waals surface area contributed by atoms with E-state index in [0.717, 1.165) is 61.8 Å². The molecule has 0 bridgehead atoms. The molecule has 338 valence electrons. The molecule has 59 heavy (non-hydrogen) atoms. The summed E-state index contributed by atoms with van der Waals surface area (Å²) in [5.74, 6) is 0.379. The van der Waals surface area contributed by atoms with Gasteiger partial charge in [0.2, 0.25) is 0 Å². The Morgan fingerprint density at radius 2 is 1.39 bits per heavy atom. The Balaban J connectivity index is 2.36. The standard InChI is InChI=1S/C48H86O8Si3/c1-18-24-45(50)54-42-35-43(56-59(16,17)48(8,9)10)41(40(42)27-21-19-20-22-28-44(49)52-31-32-53-57(12,13)46(2,3)4)30-29-39(55-58(14,15)47(5,6)7)34-37-25-23-26-38(33-37)36-51-11/h23,25-26,29-30,33,39,41,43H,18-22,24,27-28,31-32,34-36H2,1-17H3/b30-29+/t39-,41+,43+/m0/s1. The molecule has 0 radical (unpaired) electrons. The van der Waals surface area contributed by atoms with Crippen molar-refractivity contribution in [3.8, 4) is 0 Å². The van der Waals surface area contributed by atoms with Crippen LogP contribution < -0.4 is 0 Å². The Labute approximate surface area is 364 Å². The number of rotatable bonds is 24. The predicted molar refractivity (Wildman–Crippen MR) is 252 cm³/mol. The zero-order valence-electron chi connectivity index (χ0n) is 40.7. The van der Waals surface area contributed by atoms with Crippen molar-refractivity contribution in [2.24, 2.45) is 5.92 Å². The molecule has 3 atom stereocenters. The van der Waals surface area contributed by atoms with Gasteiger partial charge in [0, 0.05) is 38.7 Å². The lowest BCUT2D eigenvalue weighted by molar-refractivity contribution is -0.144. The van der Waals surface area contributed by atoms with E-state index in [1.54, 1.807) is 7.11 Å². The molecule has 0 spiro atoms. The first-order chi connectivity index (χ1) is 27.1. The van der Waals surface area contributed by atoms with Crippen LogP contribution in [0.4, 0.5) is 0 Å². The van der Waals surface area contributed by atoms with Gasteiger partial charge in [0.15, 0.2) is 25.0 Å². The van der Waals surface area contributed by atoms with Crippen LogP contribution in [0.2, 0.25) is 54.4 Å². The monoisotopic (exact) mass is 875 g/mol. The van der Waals surface area contributed by atoms with Crippen molar-refractivity contribution in [2.75, 3.05) is 20.3 Å². The molecule has 11 heteroatoms. The topological polar surface area (TPSA) is 89.5 Å². The van der Waals surface area contributed by atoms with Gasteiger partial charge in [-0.3, -0.25) is 9.59 Å². The van der Waals surface area contributed by atoms with Crippen molar-refractivity contribution < 1.29 is 37.1 Å². The van der Waals surface area contributed by atoms with Crippen LogP contribution in [0.5, 0.6) is 0 Å². The molecule has 0 saturated carbocycles. The lowest BCUT2D eigenvalue weighted by Crippen LogP contribution is -2.45. The first kappa shape index (κ1) is 53.3. The van der Waals surface area contributed by atoms with Crippen LogP contribution in [0, 0.1) is 5.92 Å². The highest BCUT2D eigenvalue weighted by molar-refractivity contribution is 6.75. The van der Waals surface area contributed by atoms with Gasteiger partial charge in [-0.15, -0.1) is 0 Å². The molecule has 0 aromatic heterocycles. The molecule has 0 heterocycles. The molecule has 0 fully saturated rings. The fraction of sp³-hybridized carbons (Fsp3) is 0.750. The number of hydrogen-bond acceptors (Lipinski definition) is 8. The number of carbonyl (C=O) groups is 2. The first-order valence-corrected chi connectivity index (χ1v) is 31.2. The van der Waals surface area contributed by atoms with Crippen molar-refractivity contribution in [1.29, 1.82) is 0 Å². The van der Waals surface area contributed by atoms with Crippen LogP contribution in [0.3, 0.4) is 0 Å². The third-order valence-corrected chi connectivity index (χ3v) is 26.8. The SMILES string of the molecule is CCCC(=O)OC1=C(CCCCCCC(=O)OCCO[Si](C)(C)C(C)(C)C)[C@@H](/C=C/[C@@H](Cc2cccc(COC)c2)O[Si](C)(C)C(C)(C)C)[C@H](O[Si](C)(C)C(C)(C)C)C1. The molecule has 0 N–H and O–H groups in total. The molecule has 1 aliphatic rings. The van der Waals surface area contributed by atoms with E-state index >= 15 is 0 Å². The highest BCUT2D eigenvalue weighted by atomic mass is 28.4. The molecule has 1 aliphatic carbocycles. The van der Waals surface area contributed by atoms with Crippen LogP contribution >= 0.6 is 0 Å². The first-order valence-electron chi connectivity index (χ1n) is 22.5. The van der Waals surface area contributed by atoms with Gasteiger partial charge in [-0.2, -0.15) is 0 Å². The van der Waals surface area contributed by atoms with Crippen LogP contribution in [-0.2, 0) is 50.1 Å². The van der Waals surface area contributed by atoms with E-state index in [-0.39, 0.29) is 45.2 Å². The number of carbonyl (C=O) groups excluding carboxylic acids is 2. The van der Waals surface area contributed by atoms with Gasteiger partial charge in [0.05, 0.1) is 25.4 Å². The molecule has 0 unspecified atom stereocenters. The van der Waals surface area contributed by atoms with Gasteiger partial charge in [0.1, 0.15) is 12.4 Å². The smallest absolute Gasteiger partial charge is 0.310 e. The fourth-order valence-corrected chi connectivity index (χ4v) is 10.1. The molecular weight excluding hydrogens is 789 g/mol. The molecule has 8 nitrogen and oxygen atoms in total. The van der Waals surface area contributed by atoms with Gasteiger partial charge < -0.3 is 27.5 Å². The van der Waals surface area contributed by atoms with Crippen molar-refractivity contribution >= 4 is 36.9 Å². The van der Waals surface area contributed by atoms with Gasteiger partial charge in [0.25, 0.3) is 0 Å². The molecule has 1 aromatic carbocycles. The Kier molecular flexibility index (Phi) is 20.8. The number of hydrogen-bond donors (Lipinski definition) is 0. The van der Waals surface area contributed by atoms with Crippen LogP contribution in [-0.4, -0.2) is 69.4 Å². The maximum atomic E-state index is 13.1. The van der Waals surface area contributed by atoms with Crippen LogP contribution in [0.15, 0.2) is 47.7 Å². The third-order valence-electron chi connectivity index (χ3n) is 13.2. The lowest BCUT2D eigenvalue weighted by Gasteiger charge is -2.40. The van der Waals surface area contributed by atoms with E-state index < -0.39 is 25.0 Å². The second kappa shape index (κ2) is 23.0. The van der Waals surface area contributed by atoms with E-state index in [4.69, 9.17) is 27.5 Å². The Hall–Kier alpha value is -1.87. The van der Waals surface area contributed by atoms with Crippen molar-refractivity contribution in [3.05, 3.63) is 58.9 Å². The number of esters is 2. The molecular formula is C48H86O8Si3. The van der Waals surface area contributed by atoms with E-state index in [1.165, 1.54) is 5.56 Å². The van der Waals surface area contributed by atoms with E-state index in [1.807, 2.05) is 6.92 Å². The molecule has 2 rings (SSSR count). The highest BCUT2D eigenvalue weighted by Gasteiger charge is 2.45. The summed E-state index contributed by atoms with van der Waals surface area (Å²) in [7, 11) is -4.49. The van der Waals surface area contributed by atoms with Gasteiger partial charge in [-0.25, -0.2) is 0 Å². The van der Waals surface area contributed by atoms with Gasteiger partial charge >= 0.3 is 11.9 Å². The molecule has 1 aromatic rings. The van der Waals surface area contributed by atoms with Crippen molar-refractivity contribution in [3.63, 3.8) is 0 Å². The lowest BCUT2D eigenvalue weighted by atomic mass is 9.93. The van der Waals surface area contributed by atoms with Crippen molar-refractivity contribution in [2.45, 2.75) is 207 Å². The highest BCUT2D eigenvalue weighted by Crippen LogP contribution is 2.45. The van der Waals surface area contributed by atoms with Gasteiger partial charge in [-0.05, 0) is 96.8 Å². The summed E-state index contributed by atoms with van der Waals surface area (Å²) < 4.78 is 37.7. The van der Waals surface area contributed by atoms with E-state index in [0.29, 0.717) is 39.1 Å². The van der Waals surface area contributed by atoms with Crippen LogP contribution in [0.25, 0.3) is 0 Å². The summed E-state index contributed by atoms with van der Waals surface area (Å²) in [5.41, 5.74) is 3.51. The van der Waals surface area contributed by atoms with Crippen molar-refractivity contribution in [1.82, 2.24) is 0 Å². The number of benzene rings is 1. The summed E-state index contributed by atoms with van der Waals surface area (Å²) >= 11 is 0. The summed E-state index contributed by atoms with van der Waals surface area (Å²) in [6.45, 7) is 37.3. The second-order valence-corrected chi connectivity index (χ2v) is 35.6. The van der Waals surface area contributed by atoms with Crippen LogP contribution in [0.1, 0.15) is 138 Å². The van der Waals surface area contributed by atoms with E-state index in [9.17, 15) is 9.59 Å². The number of ether oxygens (including phenoxy) is 3. The summed E-state index contributed by atoms with van der Waals surface area (Å²) in [6.07, 6.45) is 11.5. The maximum Gasteiger partial charge on any atom is 0.310 e. The summed E-state index contributed by atoms with van der Waals surface area (Å²) in [5, 5.41) is 0.181. The molecule has 0 saturated heterocycles. The number of methoxy groups -OCH3 is 1. The zero-order valence-corrected chi connectivity index (χ0v) is 43.7. The normalized spacial score (nSPS) is 17.8. The minimum absolute atomic E-state index is 0.0170. The molecule has 0 amide bonds. The number of unbranched alkanes of at least 4 members (excludes halogenated alkanes) is 3. The average Bonchev–Trinajstić information content (AvgIpc) is 3.39. The van der Waals surface area contributed by atoms with Gasteiger partial charge in [-0.1, -0.05) is 118 Å². The third kappa shape index (κ3) is 17.4. The zero-order chi connectivity index (χ0) is 44.9.